The van der Waals surface area contributed by atoms with Crippen LogP contribution in [0, 0.1) is 0 Å². The Kier molecular flexibility index (Phi) is 2.77. The molecule has 0 aliphatic carbocycles. The van der Waals surface area contributed by atoms with Crippen molar-refractivity contribution >= 4 is 10.0 Å². The Morgan fingerprint density at radius 2 is 2.13 bits per heavy atom. The molecule has 5 heteroatoms. The molecule has 0 aromatic heterocycles. The molecule has 0 saturated heterocycles. The Hall–Kier alpha value is -0.910. The molecule has 2 N–H and O–H groups in total. The molecule has 0 fully saturated rings. The van der Waals surface area contributed by atoms with Crippen LogP contribution in [0.3, 0.4) is 0 Å². The normalized spacial score (nSPS) is 21.0. The highest BCUT2D eigenvalue weighted by Gasteiger charge is 2.21. The summed E-state index contributed by atoms with van der Waals surface area (Å²) in [6, 6.07) is 7.88. The first-order valence-corrected chi connectivity index (χ1v) is 6.74. The standard InChI is InChI=1S/C10H14N2O2S/c1-15(13,14)12-10-9-5-3-2-4-8(9)6-7-11-10/h2-5,10-12H,6-7H2,1H3. The SMILES string of the molecule is CS(=O)(=O)NC1NCCc2ccccc21. The lowest BCUT2D eigenvalue weighted by Crippen LogP contribution is -2.41. The summed E-state index contributed by atoms with van der Waals surface area (Å²) >= 11 is 0. The third-order valence-electron chi connectivity index (χ3n) is 2.44. The molecular weight excluding hydrogens is 212 g/mol. The fourth-order valence-electron chi connectivity index (χ4n) is 1.82. The number of benzene rings is 1. The number of hydrogen-bond donors (Lipinski definition) is 2. The maximum Gasteiger partial charge on any atom is 0.210 e. The fraction of sp³-hybridized carbons (Fsp3) is 0.400. The number of nitrogens with one attached hydrogen (secondary N) is 2. The van der Waals surface area contributed by atoms with Gasteiger partial charge in [-0.1, -0.05) is 24.3 Å². The Bertz CT molecular complexity index is 456. The van der Waals surface area contributed by atoms with Gasteiger partial charge in [-0.25, -0.2) is 8.42 Å². The summed E-state index contributed by atoms with van der Waals surface area (Å²) in [5.74, 6) is 0. The first kappa shape index (κ1) is 10.6. The van der Waals surface area contributed by atoms with Crippen molar-refractivity contribution in [3.63, 3.8) is 0 Å². The van der Waals surface area contributed by atoms with E-state index in [1.54, 1.807) is 0 Å². The van der Waals surface area contributed by atoms with E-state index in [0.717, 1.165) is 18.5 Å². The van der Waals surface area contributed by atoms with E-state index in [4.69, 9.17) is 0 Å². The molecule has 2 rings (SSSR count). The summed E-state index contributed by atoms with van der Waals surface area (Å²) in [6.07, 6.45) is 1.83. The molecule has 1 atom stereocenters. The van der Waals surface area contributed by atoms with Crippen LogP contribution in [0.15, 0.2) is 24.3 Å². The van der Waals surface area contributed by atoms with E-state index in [9.17, 15) is 8.42 Å². The highest BCUT2D eigenvalue weighted by Crippen LogP contribution is 2.20. The molecule has 1 unspecified atom stereocenters. The smallest absolute Gasteiger partial charge is 0.210 e. The molecule has 82 valence electrons. The topological polar surface area (TPSA) is 58.2 Å². The van der Waals surface area contributed by atoms with Gasteiger partial charge in [-0.3, -0.25) is 5.32 Å². The molecule has 1 heterocycles. The number of sulfonamides is 1. The summed E-state index contributed by atoms with van der Waals surface area (Å²) in [7, 11) is -3.18. The summed E-state index contributed by atoms with van der Waals surface area (Å²) in [6.45, 7) is 0.796. The monoisotopic (exact) mass is 226 g/mol. The van der Waals surface area contributed by atoms with Gasteiger partial charge in [0.1, 0.15) is 0 Å². The Labute approximate surface area is 89.7 Å². The van der Waals surface area contributed by atoms with Gasteiger partial charge in [0.05, 0.1) is 12.4 Å². The molecule has 1 aliphatic rings. The molecule has 0 bridgehead atoms. The second-order valence-electron chi connectivity index (χ2n) is 3.73. The fourth-order valence-corrected chi connectivity index (χ4v) is 2.46. The van der Waals surface area contributed by atoms with Gasteiger partial charge in [0.2, 0.25) is 10.0 Å². The van der Waals surface area contributed by atoms with E-state index < -0.39 is 10.0 Å². The van der Waals surface area contributed by atoms with Crippen LogP contribution in [0.2, 0.25) is 0 Å². The molecule has 0 radical (unpaired) electrons. The van der Waals surface area contributed by atoms with E-state index in [0.29, 0.717) is 0 Å². The number of fused-ring (bicyclic) bond motifs is 1. The minimum Gasteiger partial charge on any atom is -0.297 e. The Balaban J connectivity index is 2.30. The van der Waals surface area contributed by atoms with Crippen LogP contribution in [-0.2, 0) is 16.4 Å². The van der Waals surface area contributed by atoms with E-state index >= 15 is 0 Å². The van der Waals surface area contributed by atoms with Gasteiger partial charge < -0.3 is 0 Å². The Morgan fingerprint density at radius 3 is 2.87 bits per heavy atom. The molecule has 1 aromatic rings. The van der Waals surface area contributed by atoms with E-state index in [1.165, 1.54) is 11.8 Å². The van der Waals surface area contributed by atoms with Crippen LogP contribution >= 0.6 is 0 Å². The van der Waals surface area contributed by atoms with Gasteiger partial charge in [-0.15, -0.1) is 0 Å². The average molecular weight is 226 g/mol. The van der Waals surface area contributed by atoms with Crippen LogP contribution in [0.25, 0.3) is 0 Å². The molecule has 1 aromatic carbocycles. The minimum atomic E-state index is -3.18. The summed E-state index contributed by atoms with van der Waals surface area (Å²) < 4.78 is 24.9. The van der Waals surface area contributed by atoms with Gasteiger partial charge in [0.15, 0.2) is 0 Å². The second kappa shape index (κ2) is 3.92. The van der Waals surface area contributed by atoms with Gasteiger partial charge in [-0.05, 0) is 17.5 Å². The average Bonchev–Trinajstić information content (AvgIpc) is 2.16. The van der Waals surface area contributed by atoms with Crippen molar-refractivity contribution in [1.29, 1.82) is 0 Å². The molecule has 0 saturated carbocycles. The summed E-state index contributed by atoms with van der Waals surface area (Å²) in [4.78, 5) is 0. The first-order chi connectivity index (χ1) is 7.06. The van der Waals surface area contributed by atoms with Crippen LogP contribution in [-0.4, -0.2) is 21.2 Å². The lowest BCUT2D eigenvalue weighted by atomic mass is 9.99. The van der Waals surface area contributed by atoms with Crippen molar-refractivity contribution in [2.45, 2.75) is 12.6 Å². The van der Waals surface area contributed by atoms with Crippen molar-refractivity contribution in [2.24, 2.45) is 0 Å². The predicted octanol–water partition coefficient (Wildman–Crippen LogP) is 0.380. The van der Waals surface area contributed by atoms with Crippen LogP contribution in [0.5, 0.6) is 0 Å². The summed E-state index contributed by atoms with van der Waals surface area (Å²) in [5.41, 5.74) is 2.23. The zero-order valence-electron chi connectivity index (χ0n) is 8.53. The Morgan fingerprint density at radius 1 is 1.40 bits per heavy atom. The maximum atomic E-state index is 11.2. The minimum absolute atomic E-state index is 0.287. The summed E-state index contributed by atoms with van der Waals surface area (Å²) in [5, 5.41) is 3.14. The third-order valence-corrected chi connectivity index (χ3v) is 3.10. The van der Waals surface area contributed by atoms with Crippen molar-refractivity contribution in [1.82, 2.24) is 10.0 Å². The molecule has 15 heavy (non-hydrogen) atoms. The van der Waals surface area contributed by atoms with Gasteiger partial charge in [-0.2, -0.15) is 4.72 Å². The maximum absolute atomic E-state index is 11.2. The van der Waals surface area contributed by atoms with Gasteiger partial charge in [0.25, 0.3) is 0 Å². The highest BCUT2D eigenvalue weighted by molar-refractivity contribution is 7.88. The van der Waals surface area contributed by atoms with Crippen LogP contribution in [0.4, 0.5) is 0 Å². The van der Waals surface area contributed by atoms with Crippen molar-refractivity contribution in [3.8, 4) is 0 Å². The largest absolute Gasteiger partial charge is 0.297 e. The molecule has 0 amide bonds. The number of hydrogen-bond acceptors (Lipinski definition) is 3. The molecular formula is C10H14N2O2S. The molecule has 1 aliphatic heterocycles. The van der Waals surface area contributed by atoms with Gasteiger partial charge in [0, 0.05) is 6.54 Å². The van der Waals surface area contributed by atoms with Crippen molar-refractivity contribution in [2.75, 3.05) is 12.8 Å². The van der Waals surface area contributed by atoms with Crippen molar-refractivity contribution < 1.29 is 8.42 Å². The van der Waals surface area contributed by atoms with Crippen LogP contribution < -0.4 is 10.0 Å². The molecule has 0 spiro atoms. The zero-order valence-corrected chi connectivity index (χ0v) is 9.34. The lowest BCUT2D eigenvalue weighted by molar-refractivity contribution is 0.472. The quantitative estimate of drug-likeness (QED) is 0.766. The predicted molar refractivity (Wildman–Crippen MR) is 58.9 cm³/mol. The van der Waals surface area contributed by atoms with E-state index in [1.807, 2.05) is 24.3 Å². The first-order valence-electron chi connectivity index (χ1n) is 4.85. The third kappa shape index (κ3) is 2.56. The van der Waals surface area contributed by atoms with E-state index in [2.05, 4.69) is 10.0 Å². The van der Waals surface area contributed by atoms with Crippen molar-refractivity contribution in [3.05, 3.63) is 35.4 Å². The lowest BCUT2D eigenvalue weighted by Gasteiger charge is -2.26. The molecule has 4 nitrogen and oxygen atoms in total. The second-order valence-corrected chi connectivity index (χ2v) is 5.51. The highest BCUT2D eigenvalue weighted by atomic mass is 32.2. The van der Waals surface area contributed by atoms with E-state index in [-0.39, 0.29) is 6.17 Å². The zero-order chi connectivity index (χ0) is 10.9. The number of rotatable bonds is 2. The van der Waals surface area contributed by atoms with Gasteiger partial charge >= 0.3 is 0 Å². The van der Waals surface area contributed by atoms with Crippen LogP contribution in [0.1, 0.15) is 17.3 Å².